The third-order valence-corrected chi connectivity index (χ3v) is 5.75. The van der Waals surface area contributed by atoms with E-state index in [-0.39, 0.29) is 25.0 Å². The minimum atomic E-state index is -0.770. The molecule has 2 heterocycles. The molecule has 32 heavy (non-hydrogen) atoms. The summed E-state index contributed by atoms with van der Waals surface area (Å²) in [6.45, 7) is 0.464. The zero-order valence-electron chi connectivity index (χ0n) is 17.5. The molecule has 2 aliphatic rings. The maximum Gasteiger partial charge on any atom is 0.337 e. The number of benzene rings is 2. The average molecular weight is 455 g/mol. The van der Waals surface area contributed by atoms with Crippen molar-refractivity contribution in [3.8, 4) is 11.5 Å². The van der Waals surface area contributed by atoms with Crippen LogP contribution in [0.4, 0.5) is 5.69 Å². The molecule has 2 aliphatic heterocycles. The van der Waals surface area contributed by atoms with Gasteiger partial charge in [0.2, 0.25) is 12.7 Å². The highest BCUT2D eigenvalue weighted by Crippen LogP contribution is 2.34. The van der Waals surface area contributed by atoms with Crippen LogP contribution < -0.4 is 19.7 Å². The molecule has 0 radical (unpaired) electrons. The molecule has 0 spiro atoms. The monoisotopic (exact) mass is 455 g/mol. The molecule has 10 heteroatoms. The summed E-state index contributed by atoms with van der Waals surface area (Å²) in [5.41, 5.74) is 1.56. The van der Waals surface area contributed by atoms with Crippen LogP contribution in [0.5, 0.6) is 11.5 Å². The van der Waals surface area contributed by atoms with Crippen LogP contribution in [0, 0.1) is 0 Å². The molecule has 4 rings (SSSR count). The molecule has 0 aliphatic carbocycles. The molecule has 0 saturated carbocycles. The van der Waals surface area contributed by atoms with Gasteiger partial charge in [0.25, 0.3) is 5.91 Å². The minimum Gasteiger partial charge on any atom is -0.465 e. The number of amides is 2. The predicted molar refractivity (Wildman–Crippen MR) is 118 cm³/mol. The highest BCUT2D eigenvalue weighted by atomic mass is 32.1. The van der Waals surface area contributed by atoms with Crippen molar-refractivity contribution in [2.75, 3.05) is 25.9 Å². The quantitative estimate of drug-likeness (QED) is 0.411. The van der Waals surface area contributed by atoms with Crippen molar-refractivity contribution < 1.29 is 28.6 Å². The maximum absolute atomic E-state index is 13.3. The number of imide groups is 1. The number of hydrogen-bond acceptors (Lipinski definition) is 7. The standard InChI is InChI=1S/C22H21N3O6S/c1-23-22(32)24(11-13-3-8-17-18(9-13)31-12-30-17)16-10-19(26)25(20(16)27)15-6-4-14(5-7-15)21(28)29-2/h3-9,16H,10-12H2,1-2H3,(H,23,32)/t16-/m1/s1. The van der Waals surface area contributed by atoms with Gasteiger partial charge in [0, 0.05) is 13.6 Å². The first-order valence-electron chi connectivity index (χ1n) is 9.85. The topological polar surface area (TPSA) is 97.4 Å². The van der Waals surface area contributed by atoms with E-state index in [0.29, 0.717) is 34.4 Å². The first-order valence-corrected chi connectivity index (χ1v) is 10.3. The Hall–Kier alpha value is -3.66. The van der Waals surface area contributed by atoms with Crippen LogP contribution in [0.1, 0.15) is 22.3 Å². The largest absolute Gasteiger partial charge is 0.465 e. The molecule has 2 amide bonds. The van der Waals surface area contributed by atoms with Gasteiger partial charge in [-0.3, -0.25) is 9.59 Å². The van der Waals surface area contributed by atoms with E-state index >= 15 is 0 Å². The summed E-state index contributed by atoms with van der Waals surface area (Å²) < 4.78 is 15.5. The number of esters is 1. The fourth-order valence-electron chi connectivity index (χ4n) is 3.70. The SMILES string of the molecule is CNC(=S)N(Cc1ccc2c(c1)OCO2)[C@@H]1CC(=O)N(c2ccc(C(=O)OC)cc2)C1=O. The lowest BCUT2D eigenvalue weighted by molar-refractivity contribution is -0.122. The molecular weight excluding hydrogens is 434 g/mol. The Labute approximate surface area is 189 Å². The molecular formula is C22H21N3O6S. The molecule has 1 saturated heterocycles. The first-order chi connectivity index (χ1) is 15.4. The van der Waals surface area contributed by atoms with Crippen molar-refractivity contribution in [1.82, 2.24) is 10.2 Å². The Kier molecular flexibility index (Phi) is 5.95. The van der Waals surface area contributed by atoms with Crippen molar-refractivity contribution in [2.24, 2.45) is 0 Å². The van der Waals surface area contributed by atoms with Gasteiger partial charge < -0.3 is 24.4 Å². The molecule has 0 aromatic heterocycles. The van der Waals surface area contributed by atoms with E-state index in [1.165, 1.54) is 19.2 Å². The van der Waals surface area contributed by atoms with Gasteiger partial charge in [-0.15, -0.1) is 0 Å². The Morgan fingerprint density at radius 3 is 2.59 bits per heavy atom. The molecule has 1 fully saturated rings. The van der Waals surface area contributed by atoms with Crippen molar-refractivity contribution in [3.05, 3.63) is 53.6 Å². The molecule has 1 atom stereocenters. The second kappa shape index (κ2) is 8.83. The van der Waals surface area contributed by atoms with Crippen molar-refractivity contribution in [3.63, 3.8) is 0 Å². The lowest BCUT2D eigenvalue weighted by Gasteiger charge is -2.29. The highest BCUT2D eigenvalue weighted by molar-refractivity contribution is 7.80. The van der Waals surface area contributed by atoms with Crippen LogP contribution in [0.25, 0.3) is 0 Å². The summed E-state index contributed by atoms with van der Waals surface area (Å²) in [6.07, 6.45) is -0.0239. The number of hydrogen-bond donors (Lipinski definition) is 1. The van der Waals surface area contributed by atoms with E-state index < -0.39 is 12.0 Å². The van der Waals surface area contributed by atoms with E-state index in [2.05, 4.69) is 10.1 Å². The van der Waals surface area contributed by atoms with Gasteiger partial charge in [0.1, 0.15) is 6.04 Å². The third-order valence-electron chi connectivity index (χ3n) is 5.31. The normalized spacial score (nSPS) is 16.8. The Morgan fingerprint density at radius 2 is 1.91 bits per heavy atom. The van der Waals surface area contributed by atoms with Gasteiger partial charge in [0.15, 0.2) is 16.6 Å². The van der Waals surface area contributed by atoms with Crippen LogP contribution in [-0.4, -0.2) is 54.8 Å². The fraction of sp³-hybridized carbons (Fsp3) is 0.273. The molecule has 2 aromatic rings. The van der Waals surface area contributed by atoms with Gasteiger partial charge in [-0.1, -0.05) is 6.07 Å². The van der Waals surface area contributed by atoms with E-state index in [1.54, 1.807) is 30.1 Å². The van der Waals surface area contributed by atoms with Gasteiger partial charge in [0.05, 0.1) is 24.8 Å². The lowest BCUT2D eigenvalue weighted by atomic mass is 10.1. The number of nitrogens with one attached hydrogen (secondary N) is 1. The number of carbonyl (C=O) groups is 3. The van der Waals surface area contributed by atoms with Gasteiger partial charge in [-0.05, 0) is 54.2 Å². The molecule has 0 bridgehead atoms. The Morgan fingerprint density at radius 1 is 1.19 bits per heavy atom. The fourth-order valence-corrected chi connectivity index (χ4v) is 3.89. The number of rotatable bonds is 5. The number of methoxy groups -OCH3 is 1. The van der Waals surface area contributed by atoms with Gasteiger partial charge in [-0.25, -0.2) is 9.69 Å². The summed E-state index contributed by atoms with van der Waals surface area (Å²) in [4.78, 5) is 40.5. The smallest absolute Gasteiger partial charge is 0.337 e. The summed E-state index contributed by atoms with van der Waals surface area (Å²) in [7, 11) is 2.95. The van der Waals surface area contributed by atoms with Crippen LogP contribution in [0.2, 0.25) is 0 Å². The maximum atomic E-state index is 13.3. The zero-order valence-corrected chi connectivity index (χ0v) is 18.3. The zero-order chi connectivity index (χ0) is 22.8. The average Bonchev–Trinajstić information content (AvgIpc) is 3.39. The number of thiocarbonyl (C=S) groups is 1. The summed E-state index contributed by atoms with van der Waals surface area (Å²) in [5, 5.41) is 3.24. The molecule has 166 valence electrons. The summed E-state index contributed by atoms with van der Waals surface area (Å²) >= 11 is 5.44. The van der Waals surface area contributed by atoms with E-state index in [9.17, 15) is 14.4 Å². The van der Waals surface area contributed by atoms with Crippen molar-refractivity contribution >= 4 is 40.8 Å². The highest BCUT2D eigenvalue weighted by Gasteiger charge is 2.43. The third kappa shape index (κ3) is 3.96. The first kappa shape index (κ1) is 21.6. The lowest BCUT2D eigenvalue weighted by Crippen LogP contribution is -2.48. The van der Waals surface area contributed by atoms with Gasteiger partial charge >= 0.3 is 5.97 Å². The van der Waals surface area contributed by atoms with Crippen molar-refractivity contribution in [1.29, 1.82) is 0 Å². The number of nitrogens with zero attached hydrogens (tertiary/aromatic N) is 2. The van der Waals surface area contributed by atoms with Crippen molar-refractivity contribution in [2.45, 2.75) is 19.0 Å². The number of carbonyl (C=O) groups excluding carboxylic acids is 3. The van der Waals surface area contributed by atoms with Crippen LogP contribution in [-0.2, 0) is 20.9 Å². The molecule has 9 nitrogen and oxygen atoms in total. The number of fused-ring (bicyclic) bond motifs is 1. The Balaban J connectivity index is 1.57. The minimum absolute atomic E-state index is 0.0239. The number of ether oxygens (including phenoxy) is 3. The summed E-state index contributed by atoms with van der Waals surface area (Å²) in [5.74, 6) is 0.0477. The second-order valence-corrected chi connectivity index (χ2v) is 7.58. The molecule has 0 unspecified atom stereocenters. The number of anilines is 1. The van der Waals surface area contributed by atoms with Crippen LogP contribution in [0.15, 0.2) is 42.5 Å². The van der Waals surface area contributed by atoms with E-state index in [1.807, 2.05) is 12.1 Å². The van der Waals surface area contributed by atoms with Crippen LogP contribution >= 0.6 is 12.2 Å². The van der Waals surface area contributed by atoms with Gasteiger partial charge in [-0.2, -0.15) is 0 Å². The van der Waals surface area contributed by atoms with E-state index in [4.69, 9.17) is 21.7 Å². The molecule has 2 aromatic carbocycles. The molecule has 1 N–H and O–H groups in total. The predicted octanol–water partition coefficient (Wildman–Crippen LogP) is 1.84. The Bertz CT molecular complexity index is 1090. The summed E-state index contributed by atoms with van der Waals surface area (Å²) in [6, 6.07) is 10.8. The van der Waals surface area contributed by atoms with Crippen LogP contribution in [0.3, 0.4) is 0 Å². The van der Waals surface area contributed by atoms with E-state index in [0.717, 1.165) is 10.5 Å². The second-order valence-electron chi connectivity index (χ2n) is 7.20.